The zero-order valence-corrected chi connectivity index (χ0v) is 20.5. The van der Waals surface area contributed by atoms with E-state index in [4.69, 9.17) is 4.74 Å². The molecular weight excluding hydrogens is 494 g/mol. The van der Waals surface area contributed by atoms with Crippen LogP contribution in [-0.2, 0) is 16.1 Å². The summed E-state index contributed by atoms with van der Waals surface area (Å²) in [4.78, 5) is 25.0. The van der Waals surface area contributed by atoms with Gasteiger partial charge in [0.1, 0.15) is 17.4 Å². The molecule has 0 saturated carbocycles. The maximum Gasteiger partial charge on any atom is 0.262 e. The first kappa shape index (κ1) is 24.7. The van der Waals surface area contributed by atoms with E-state index in [1.165, 1.54) is 6.08 Å². The van der Waals surface area contributed by atoms with Crippen LogP contribution in [0.3, 0.4) is 0 Å². The normalized spacial score (nSPS) is 10.8. The van der Waals surface area contributed by atoms with Crippen LogP contribution in [0.5, 0.6) is 5.75 Å². The van der Waals surface area contributed by atoms with E-state index >= 15 is 0 Å². The summed E-state index contributed by atoms with van der Waals surface area (Å²) in [5, 5.41) is 15.1. The van der Waals surface area contributed by atoms with Gasteiger partial charge >= 0.3 is 0 Å². The number of carbonyl (C=O) groups excluding carboxylic acids is 2. The smallest absolute Gasteiger partial charge is 0.262 e. The van der Waals surface area contributed by atoms with Crippen LogP contribution in [0.2, 0.25) is 0 Å². The molecule has 0 atom stereocenters. The molecule has 0 heterocycles. The number of amides is 2. The average Bonchev–Trinajstić information content (AvgIpc) is 2.84. The zero-order chi connectivity index (χ0) is 24.5. The summed E-state index contributed by atoms with van der Waals surface area (Å²) in [5.41, 5.74) is 4.15. The van der Waals surface area contributed by atoms with Gasteiger partial charge in [0.25, 0.3) is 11.8 Å². The van der Waals surface area contributed by atoms with Crippen molar-refractivity contribution in [3.8, 4) is 11.8 Å². The van der Waals surface area contributed by atoms with Crippen LogP contribution >= 0.6 is 15.9 Å². The number of anilines is 1. The van der Waals surface area contributed by atoms with E-state index in [-0.39, 0.29) is 18.1 Å². The first-order chi connectivity index (χ1) is 16.4. The van der Waals surface area contributed by atoms with E-state index < -0.39 is 5.91 Å². The molecule has 172 valence electrons. The number of ether oxygens (including phenoxy) is 1. The van der Waals surface area contributed by atoms with E-state index in [0.717, 1.165) is 26.9 Å². The topological polar surface area (TPSA) is 91.2 Å². The van der Waals surface area contributed by atoms with Gasteiger partial charge in [0, 0.05) is 22.3 Å². The third-order valence-electron chi connectivity index (χ3n) is 5.17. The van der Waals surface area contributed by atoms with Gasteiger partial charge in [0.05, 0.1) is 0 Å². The summed E-state index contributed by atoms with van der Waals surface area (Å²) < 4.78 is 6.48. The molecule has 34 heavy (non-hydrogen) atoms. The highest BCUT2D eigenvalue weighted by Gasteiger charge is 2.13. The first-order valence-electron chi connectivity index (χ1n) is 10.6. The van der Waals surface area contributed by atoms with Gasteiger partial charge in [-0.25, -0.2) is 0 Å². The monoisotopic (exact) mass is 517 g/mol. The largest absolute Gasteiger partial charge is 0.483 e. The van der Waals surface area contributed by atoms with Crippen LogP contribution in [0.4, 0.5) is 5.69 Å². The molecule has 0 aromatic heterocycles. The van der Waals surface area contributed by atoms with Gasteiger partial charge in [0.15, 0.2) is 6.61 Å². The van der Waals surface area contributed by atoms with Crippen molar-refractivity contribution >= 4 is 39.5 Å². The lowest BCUT2D eigenvalue weighted by Gasteiger charge is -2.13. The Labute approximate surface area is 207 Å². The molecule has 2 N–H and O–H groups in total. The summed E-state index contributed by atoms with van der Waals surface area (Å²) in [5.74, 6) is -0.430. The molecule has 3 rings (SSSR count). The Morgan fingerprint density at radius 2 is 1.82 bits per heavy atom. The van der Waals surface area contributed by atoms with Crippen LogP contribution in [0.1, 0.15) is 22.3 Å². The molecule has 0 aliphatic heterocycles. The molecule has 0 aliphatic rings. The lowest BCUT2D eigenvalue weighted by molar-refractivity contribution is -0.118. The van der Waals surface area contributed by atoms with Crippen LogP contribution in [0.25, 0.3) is 6.08 Å². The van der Waals surface area contributed by atoms with Crippen molar-refractivity contribution in [3.63, 3.8) is 0 Å². The number of aryl methyl sites for hydroxylation is 1. The molecule has 0 aliphatic carbocycles. The fourth-order valence-corrected chi connectivity index (χ4v) is 3.54. The second-order valence-electron chi connectivity index (χ2n) is 7.60. The zero-order valence-electron chi connectivity index (χ0n) is 18.9. The molecule has 0 unspecified atom stereocenters. The maximum atomic E-state index is 12.6. The predicted molar refractivity (Wildman–Crippen MR) is 136 cm³/mol. The van der Waals surface area contributed by atoms with Crippen molar-refractivity contribution in [1.82, 2.24) is 5.32 Å². The third kappa shape index (κ3) is 6.80. The Balaban J connectivity index is 1.71. The molecule has 0 saturated heterocycles. The Morgan fingerprint density at radius 3 is 2.56 bits per heavy atom. The van der Waals surface area contributed by atoms with Gasteiger partial charge in [0.2, 0.25) is 0 Å². The summed E-state index contributed by atoms with van der Waals surface area (Å²) >= 11 is 3.40. The van der Waals surface area contributed by atoms with Gasteiger partial charge < -0.3 is 15.4 Å². The number of hydrogen-bond acceptors (Lipinski definition) is 4. The minimum atomic E-state index is -0.495. The first-order valence-corrected chi connectivity index (χ1v) is 11.4. The Hall–Kier alpha value is -3.89. The van der Waals surface area contributed by atoms with Crippen LogP contribution in [-0.4, -0.2) is 18.4 Å². The van der Waals surface area contributed by atoms with Crippen molar-refractivity contribution in [1.29, 1.82) is 5.26 Å². The van der Waals surface area contributed by atoms with E-state index in [1.807, 2.05) is 68.4 Å². The highest BCUT2D eigenvalue weighted by molar-refractivity contribution is 9.10. The number of hydrogen-bond donors (Lipinski definition) is 2. The molecular formula is C27H24BrN3O3. The summed E-state index contributed by atoms with van der Waals surface area (Å²) in [6.45, 7) is 4.00. The fraction of sp³-hybridized carbons (Fsp3) is 0.148. The van der Waals surface area contributed by atoms with Crippen LogP contribution in [0.15, 0.2) is 76.8 Å². The number of nitriles is 1. The van der Waals surface area contributed by atoms with Crippen molar-refractivity contribution in [2.75, 3.05) is 11.9 Å². The Bertz CT molecular complexity index is 1260. The third-order valence-corrected chi connectivity index (χ3v) is 5.66. The molecule has 0 radical (unpaired) electrons. The van der Waals surface area contributed by atoms with E-state index in [1.54, 1.807) is 18.2 Å². The fourth-order valence-electron chi connectivity index (χ4n) is 3.16. The average molecular weight is 518 g/mol. The summed E-state index contributed by atoms with van der Waals surface area (Å²) in [7, 11) is 0. The molecule has 2 amide bonds. The molecule has 3 aromatic rings. The summed E-state index contributed by atoms with van der Waals surface area (Å²) in [6, 6.07) is 22.2. The predicted octanol–water partition coefficient (Wildman–Crippen LogP) is 5.31. The highest BCUT2D eigenvalue weighted by atomic mass is 79.9. The molecule has 0 bridgehead atoms. The number of halogens is 1. The number of carbonyl (C=O) groups is 2. The summed E-state index contributed by atoms with van der Waals surface area (Å²) in [6.07, 6.45) is 1.45. The number of nitrogens with zero attached hydrogens (tertiary/aromatic N) is 1. The van der Waals surface area contributed by atoms with Crippen LogP contribution < -0.4 is 15.4 Å². The molecule has 3 aromatic carbocycles. The van der Waals surface area contributed by atoms with Gasteiger partial charge in [-0.05, 0) is 60.9 Å². The molecule has 0 fully saturated rings. The minimum absolute atomic E-state index is 0.0706. The van der Waals surface area contributed by atoms with E-state index in [0.29, 0.717) is 17.9 Å². The quantitative estimate of drug-likeness (QED) is 0.313. The SMILES string of the molecule is Cc1cccc(NC(=O)COc2ccc(Br)cc2/C=C(\C#N)C(=O)NCc2ccccc2)c1C. The molecule has 7 heteroatoms. The highest BCUT2D eigenvalue weighted by Crippen LogP contribution is 2.26. The van der Waals surface area contributed by atoms with E-state index in [9.17, 15) is 14.9 Å². The van der Waals surface area contributed by atoms with Crippen LogP contribution in [0, 0.1) is 25.2 Å². The molecule has 6 nitrogen and oxygen atoms in total. The van der Waals surface area contributed by atoms with Gasteiger partial charge in [-0.3, -0.25) is 9.59 Å². The minimum Gasteiger partial charge on any atom is -0.483 e. The maximum absolute atomic E-state index is 12.6. The van der Waals surface area contributed by atoms with Gasteiger partial charge in [-0.2, -0.15) is 5.26 Å². The van der Waals surface area contributed by atoms with Crippen molar-refractivity contribution in [2.24, 2.45) is 0 Å². The van der Waals surface area contributed by atoms with Gasteiger partial charge in [-0.15, -0.1) is 0 Å². The number of benzene rings is 3. The second kappa shape index (κ2) is 11.8. The van der Waals surface area contributed by atoms with E-state index in [2.05, 4.69) is 26.6 Å². The Kier molecular flexibility index (Phi) is 8.60. The Morgan fingerprint density at radius 1 is 1.06 bits per heavy atom. The van der Waals surface area contributed by atoms with Crippen molar-refractivity contribution in [2.45, 2.75) is 20.4 Å². The van der Waals surface area contributed by atoms with Crippen molar-refractivity contribution < 1.29 is 14.3 Å². The van der Waals surface area contributed by atoms with Crippen molar-refractivity contribution in [3.05, 3.63) is 99.0 Å². The van der Waals surface area contributed by atoms with Gasteiger partial charge in [-0.1, -0.05) is 58.4 Å². The lowest BCUT2D eigenvalue weighted by atomic mass is 10.1. The lowest BCUT2D eigenvalue weighted by Crippen LogP contribution is -2.24. The molecule has 0 spiro atoms. The number of rotatable bonds is 8. The second-order valence-corrected chi connectivity index (χ2v) is 8.52. The standard InChI is InChI=1S/C27H24BrN3O3/c1-18-7-6-10-24(19(18)2)31-26(32)17-34-25-12-11-23(28)14-21(25)13-22(15-29)27(33)30-16-20-8-4-3-5-9-20/h3-14H,16-17H2,1-2H3,(H,30,33)(H,31,32)/b22-13+. The number of nitrogens with one attached hydrogen (secondary N) is 2.